The monoisotopic (exact) mass is 379 g/mol. The average Bonchev–Trinajstić information content (AvgIpc) is 2.97. The van der Waals surface area contributed by atoms with Crippen molar-refractivity contribution < 1.29 is 12.8 Å². The van der Waals surface area contributed by atoms with Crippen LogP contribution in [0.2, 0.25) is 0 Å². The number of rotatable bonds is 3. The fourth-order valence-corrected chi connectivity index (χ4v) is 3.06. The number of fused-ring (bicyclic) bond motifs is 1. The molecule has 0 saturated carbocycles. The maximum absolute atomic E-state index is 14.4. The van der Waals surface area contributed by atoms with E-state index in [-0.39, 0.29) is 16.4 Å². The van der Waals surface area contributed by atoms with Crippen LogP contribution in [0.3, 0.4) is 0 Å². The van der Waals surface area contributed by atoms with Crippen molar-refractivity contribution in [2.24, 2.45) is 7.05 Å². The number of imidazole rings is 1. The molecule has 0 saturated heterocycles. The van der Waals surface area contributed by atoms with E-state index >= 15 is 0 Å². The number of hydrogen-bond donors (Lipinski definition) is 1. The summed E-state index contributed by atoms with van der Waals surface area (Å²) in [6.45, 7) is 4.00. The van der Waals surface area contributed by atoms with E-state index in [0.717, 1.165) is 17.8 Å². The Balaban J connectivity index is 0.00000117. The second-order valence-electron chi connectivity index (χ2n) is 5.53. The zero-order valence-electron chi connectivity index (χ0n) is 15.4. The van der Waals surface area contributed by atoms with Gasteiger partial charge in [-0.05, 0) is 18.2 Å². The van der Waals surface area contributed by atoms with E-state index in [1.807, 2.05) is 20.9 Å². The van der Waals surface area contributed by atoms with E-state index < -0.39 is 15.7 Å². The van der Waals surface area contributed by atoms with Crippen molar-refractivity contribution in [3.05, 3.63) is 36.4 Å². The van der Waals surface area contributed by atoms with Gasteiger partial charge in [0.2, 0.25) is 0 Å². The SMILES string of the molecule is CC.CN(c1cc2c(ncn2C)c(N)n1)c1ccc(S(C)(=O)=O)cc1F. The van der Waals surface area contributed by atoms with E-state index in [1.165, 1.54) is 17.0 Å². The van der Waals surface area contributed by atoms with Crippen LogP contribution in [0.15, 0.2) is 35.5 Å². The topological polar surface area (TPSA) is 94.1 Å². The minimum atomic E-state index is -3.47. The number of nitrogen functional groups attached to an aromatic ring is 1. The summed E-state index contributed by atoms with van der Waals surface area (Å²) in [4.78, 5) is 9.84. The molecule has 2 heterocycles. The van der Waals surface area contributed by atoms with Crippen LogP contribution in [0, 0.1) is 5.82 Å². The van der Waals surface area contributed by atoms with Crippen LogP contribution in [0.1, 0.15) is 13.8 Å². The highest BCUT2D eigenvalue weighted by atomic mass is 32.2. The van der Waals surface area contributed by atoms with Crippen LogP contribution in [-0.4, -0.2) is 36.3 Å². The van der Waals surface area contributed by atoms with E-state index in [9.17, 15) is 12.8 Å². The number of sulfone groups is 1. The third-order valence-electron chi connectivity index (χ3n) is 3.78. The van der Waals surface area contributed by atoms with Crippen LogP contribution >= 0.6 is 0 Å². The lowest BCUT2D eigenvalue weighted by molar-refractivity contribution is 0.596. The van der Waals surface area contributed by atoms with Gasteiger partial charge in [0.1, 0.15) is 17.2 Å². The lowest BCUT2D eigenvalue weighted by Crippen LogP contribution is -2.14. The molecule has 3 rings (SSSR count). The van der Waals surface area contributed by atoms with Gasteiger partial charge in [0, 0.05) is 26.4 Å². The van der Waals surface area contributed by atoms with E-state index in [1.54, 1.807) is 24.0 Å². The molecule has 140 valence electrons. The zero-order chi connectivity index (χ0) is 19.6. The number of aryl methyl sites for hydroxylation is 1. The van der Waals surface area contributed by atoms with Gasteiger partial charge in [-0.1, -0.05) is 13.8 Å². The fraction of sp³-hybridized carbons (Fsp3) is 0.294. The minimum Gasteiger partial charge on any atom is -0.382 e. The first kappa shape index (κ1) is 19.6. The molecule has 0 aliphatic heterocycles. The molecule has 0 unspecified atom stereocenters. The fourth-order valence-electron chi connectivity index (χ4n) is 2.42. The lowest BCUT2D eigenvalue weighted by atomic mass is 10.2. The number of benzene rings is 1. The second kappa shape index (κ2) is 7.28. The minimum absolute atomic E-state index is 0.0771. The molecule has 0 spiro atoms. The Kier molecular flexibility index (Phi) is 5.50. The van der Waals surface area contributed by atoms with Crippen molar-refractivity contribution in [3.8, 4) is 0 Å². The van der Waals surface area contributed by atoms with E-state index in [4.69, 9.17) is 5.73 Å². The number of halogens is 1. The summed E-state index contributed by atoms with van der Waals surface area (Å²) in [5, 5.41) is 0. The molecule has 0 amide bonds. The van der Waals surface area contributed by atoms with Gasteiger partial charge in [0.15, 0.2) is 15.7 Å². The first-order valence-electron chi connectivity index (χ1n) is 7.99. The molecule has 0 radical (unpaired) electrons. The highest BCUT2D eigenvalue weighted by Gasteiger charge is 2.17. The standard InChI is InChI=1S/C15H16FN5O2S.C2H6/c1-20-8-18-14-12(20)7-13(19-15(14)17)21(2)11-5-4-9(6-10(11)16)24(3,22)23;1-2/h4-8H,1-3H3,(H2,17,19);1-2H3. The molecule has 0 bridgehead atoms. The first-order chi connectivity index (χ1) is 12.2. The maximum atomic E-state index is 14.4. The van der Waals surface area contributed by atoms with Crippen LogP contribution in [-0.2, 0) is 16.9 Å². The molecule has 0 aliphatic rings. The van der Waals surface area contributed by atoms with Crippen LogP contribution in [0.4, 0.5) is 21.7 Å². The molecular weight excluding hydrogens is 357 g/mol. The number of nitrogens with two attached hydrogens (primary N) is 1. The summed E-state index contributed by atoms with van der Waals surface area (Å²) in [6, 6.07) is 5.49. The van der Waals surface area contributed by atoms with Gasteiger partial charge in [-0.2, -0.15) is 0 Å². The Bertz CT molecular complexity index is 1050. The Morgan fingerprint density at radius 2 is 1.88 bits per heavy atom. The molecular formula is C17H22FN5O2S. The summed E-state index contributed by atoms with van der Waals surface area (Å²) in [5.41, 5.74) is 7.44. The summed E-state index contributed by atoms with van der Waals surface area (Å²) >= 11 is 0. The summed E-state index contributed by atoms with van der Waals surface area (Å²) in [5.74, 6) is 0.00335. The molecule has 1 aromatic carbocycles. The molecule has 0 fully saturated rings. The molecule has 2 N–H and O–H groups in total. The number of nitrogens with zero attached hydrogens (tertiary/aromatic N) is 4. The number of aromatic nitrogens is 3. The lowest BCUT2D eigenvalue weighted by Gasteiger charge is -2.20. The Morgan fingerprint density at radius 3 is 2.46 bits per heavy atom. The van der Waals surface area contributed by atoms with Gasteiger partial charge in [-0.3, -0.25) is 0 Å². The van der Waals surface area contributed by atoms with Gasteiger partial charge in [0.05, 0.1) is 22.4 Å². The van der Waals surface area contributed by atoms with Crippen LogP contribution < -0.4 is 10.6 Å². The van der Waals surface area contributed by atoms with Crippen molar-refractivity contribution in [1.82, 2.24) is 14.5 Å². The first-order valence-corrected chi connectivity index (χ1v) is 9.88. The van der Waals surface area contributed by atoms with Gasteiger partial charge in [-0.25, -0.2) is 22.8 Å². The largest absolute Gasteiger partial charge is 0.382 e. The highest BCUT2D eigenvalue weighted by Crippen LogP contribution is 2.30. The third-order valence-corrected chi connectivity index (χ3v) is 4.89. The van der Waals surface area contributed by atoms with Crippen molar-refractivity contribution in [3.63, 3.8) is 0 Å². The zero-order valence-corrected chi connectivity index (χ0v) is 16.2. The predicted molar refractivity (Wildman–Crippen MR) is 102 cm³/mol. The Hall–Kier alpha value is -2.68. The third kappa shape index (κ3) is 3.62. The van der Waals surface area contributed by atoms with Crippen molar-refractivity contribution >= 4 is 38.2 Å². The number of anilines is 3. The summed E-state index contributed by atoms with van der Waals surface area (Å²) in [6.07, 6.45) is 2.65. The molecule has 26 heavy (non-hydrogen) atoms. The summed E-state index contributed by atoms with van der Waals surface area (Å²) < 4.78 is 39.2. The quantitative estimate of drug-likeness (QED) is 0.752. The van der Waals surface area contributed by atoms with Gasteiger partial charge >= 0.3 is 0 Å². The van der Waals surface area contributed by atoms with Crippen LogP contribution in [0.5, 0.6) is 0 Å². The molecule has 2 aromatic heterocycles. The van der Waals surface area contributed by atoms with Crippen molar-refractivity contribution in [2.75, 3.05) is 23.9 Å². The smallest absolute Gasteiger partial charge is 0.175 e. The predicted octanol–water partition coefficient (Wildman–Crippen LogP) is 2.89. The van der Waals surface area contributed by atoms with Gasteiger partial charge < -0.3 is 15.2 Å². The second-order valence-corrected chi connectivity index (χ2v) is 7.55. The molecule has 3 aromatic rings. The Morgan fingerprint density at radius 1 is 1.23 bits per heavy atom. The van der Waals surface area contributed by atoms with Crippen molar-refractivity contribution in [1.29, 1.82) is 0 Å². The molecule has 9 heteroatoms. The van der Waals surface area contributed by atoms with Crippen molar-refractivity contribution in [2.45, 2.75) is 18.7 Å². The molecule has 0 atom stereocenters. The van der Waals surface area contributed by atoms with Gasteiger partial charge in [0.25, 0.3) is 0 Å². The average molecular weight is 379 g/mol. The number of hydrogen-bond acceptors (Lipinski definition) is 6. The Labute approximate surface area is 152 Å². The maximum Gasteiger partial charge on any atom is 0.175 e. The highest BCUT2D eigenvalue weighted by molar-refractivity contribution is 7.90. The number of pyridine rings is 1. The van der Waals surface area contributed by atoms with Crippen LogP contribution in [0.25, 0.3) is 11.0 Å². The molecule has 0 aliphatic carbocycles. The van der Waals surface area contributed by atoms with Gasteiger partial charge in [-0.15, -0.1) is 0 Å². The van der Waals surface area contributed by atoms with E-state index in [2.05, 4.69) is 9.97 Å². The summed E-state index contributed by atoms with van der Waals surface area (Å²) in [7, 11) is -0.0248. The normalized spacial score (nSPS) is 11.2. The molecule has 7 nitrogen and oxygen atoms in total. The van der Waals surface area contributed by atoms with E-state index in [0.29, 0.717) is 11.3 Å².